The second-order valence-electron chi connectivity index (χ2n) is 10.7. The number of carbonyl (C=O) groups is 1. The zero-order valence-corrected chi connectivity index (χ0v) is 19.8. The summed E-state index contributed by atoms with van der Waals surface area (Å²) in [6, 6.07) is 10.9. The molecule has 4 bridgehead atoms. The number of hydrogen-bond donors (Lipinski definition) is 1. The molecule has 4 unspecified atom stereocenters. The highest BCUT2D eigenvalue weighted by molar-refractivity contribution is 6.01. The minimum Gasteiger partial charge on any atom is -0.411 e. The van der Waals surface area contributed by atoms with Gasteiger partial charge in [-0.2, -0.15) is 0 Å². The Morgan fingerprint density at radius 3 is 2.06 bits per heavy atom. The Morgan fingerprint density at radius 1 is 0.829 bits per heavy atom. The van der Waals surface area contributed by atoms with Gasteiger partial charge in [0, 0.05) is 81.2 Å². The Bertz CT molecular complexity index is 1300. The lowest BCUT2D eigenvalue weighted by Gasteiger charge is -2.43. The molecule has 4 atom stereocenters. The van der Waals surface area contributed by atoms with Crippen molar-refractivity contribution in [2.24, 2.45) is 17.0 Å². The van der Waals surface area contributed by atoms with Gasteiger partial charge < -0.3 is 19.2 Å². The third-order valence-electron chi connectivity index (χ3n) is 8.29. The molecule has 6 rings (SSSR count). The highest BCUT2D eigenvalue weighted by Gasteiger charge is 2.37. The van der Waals surface area contributed by atoms with E-state index in [0.29, 0.717) is 44.4 Å². The fourth-order valence-corrected chi connectivity index (χ4v) is 6.89. The molecule has 0 saturated carbocycles. The molecule has 0 aromatic carbocycles. The number of nitrogens with zero attached hydrogens (tertiary/aromatic N) is 5. The number of pyridine rings is 2. The monoisotopic (exact) mass is 477 g/mol. The molecule has 184 valence electrons. The average Bonchev–Trinajstić information content (AvgIpc) is 2.85. The van der Waals surface area contributed by atoms with Crippen LogP contribution in [-0.4, -0.2) is 68.5 Å². The number of fused-ring (bicyclic) bond motifs is 8. The zero-order chi connectivity index (χ0) is 24.1. The van der Waals surface area contributed by atoms with Crippen molar-refractivity contribution < 1.29 is 10.0 Å². The van der Waals surface area contributed by atoms with Crippen LogP contribution in [0.1, 0.15) is 42.5 Å². The van der Waals surface area contributed by atoms with Crippen molar-refractivity contribution in [3.63, 3.8) is 0 Å². The first-order valence-corrected chi connectivity index (χ1v) is 12.6. The summed E-state index contributed by atoms with van der Waals surface area (Å²) in [5, 5.41) is 13.2. The largest absolute Gasteiger partial charge is 0.411 e. The van der Waals surface area contributed by atoms with Crippen molar-refractivity contribution in [2.45, 2.75) is 44.2 Å². The number of carbonyl (C=O) groups excluding carboxylic acids is 1. The molecule has 35 heavy (non-hydrogen) atoms. The topological polar surface area (TPSA) is 100 Å². The van der Waals surface area contributed by atoms with Crippen molar-refractivity contribution in [3.05, 3.63) is 68.5 Å². The Labute approximate surface area is 203 Å². The lowest BCUT2D eigenvalue weighted by atomic mass is 9.82. The molecule has 1 N–H and O–H groups in total. The lowest BCUT2D eigenvalue weighted by Crippen LogP contribution is -2.50. The second kappa shape index (κ2) is 8.78. The molecule has 4 aliphatic rings. The number of rotatable bonds is 4. The van der Waals surface area contributed by atoms with E-state index in [0.717, 1.165) is 37.3 Å². The number of oxime groups is 1. The van der Waals surface area contributed by atoms with Crippen molar-refractivity contribution in [1.82, 2.24) is 18.9 Å². The van der Waals surface area contributed by atoms with Crippen LogP contribution in [-0.2, 0) is 17.9 Å². The van der Waals surface area contributed by atoms with Crippen LogP contribution in [0.25, 0.3) is 0 Å². The Balaban J connectivity index is 1.11. The molecule has 0 radical (unpaired) electrons. The van der Waals surface area contributed by atoms with E-state index in [1.54, 1.807) is 18.2 Å². The van der Waals surface area contributed by atoms with Gasteiger partial charge >= 0.3 is 0 Å². The van der Waals surface area contributed by atoms with E-state index in [1.807, 2.05) is 32.2 Å². The summed E-state index contributed by atoms with van der Waals surface area (Å²) in [6.45, 7) is 4.65. The van der Waals surface area contributed by atoms with Gasteiger partial charge in [-0.25, -0.2) is 0 Å². The number of aromatic nitrogens is 2. The molecule has 2 aromatic heterocycles. The van der Waals surface area contributed by atoms with Crippen LogP contribution >= 0.6 is 0 Å². The summed E-state index contributed by atoms with van der Waals surface area (Å²) in [7, 11) is 0. The van der Waals surface area contributed by atoms with Crippen LogP contribution in [0.2, 0.25) is 0 Å². The van der Waals surface area contributed by atoms with E-state index in [4.69, 9.17) is 0 Å². The van der Waals surface area contributed by atoms with Crippen LogP contribution in [0.5, 0.6) is 0 Å². The van der Waals surface area contributed by atoms with Crippen LogP contribution < -0.4 is 11.1 Å². The highest BCUT2D eigenvalue weighted by atomic mass is 16.4. The molecule has 9 heteroatoms. The van der Waals surface area contributed by atoms with Gasteiger partial charge in [-0.05, 0) is 36.8 Å². The Hall–Kier alpha value is -3.20. The number of hydrogen-bond acceptors (Lipinski definition) is 6. The highest BCUT2D eigenvalue weighted by Crippen LogP contribution is 2.36. The fraction of sp³-hybridized carbons (Fsp3) is 0.538. The summed E-state index contributed by atoms with van der Waals surface area (Å²) in [4.78, 5) is 41.9. The second-order valence-corrected chi connectivity index (χ2v) is 10.7. The molecule has 2 aromatic rings. The van der Waals surface area contributed by atoms with Crippen molar-refractivity contribution in [3.8, 4) is 0 Å². The molecule has 6 heterocycles. The fourth-order valence-electron chi connectivity index (χ4n) is 6.89. The molecule has 0 aliphatic carbocycles. The molecular formula is C26H31N5O4. The maximum atomic E-state index is 13.2. The van der Waals surface area contributed by atoms with E-state index < -0.39 is 0 Å². The third kappa shape index (κ3) is 4.11. The van der Waals surface area contributed by atoms with E-state index in [1.165, 1.54) is 0 Å². The minimum atomic E-state index is -0.0201. The predicted molar refractivity (Wildman–Crippen MR) is 130 cm³/mol. The standard InChI is InChI=1S/C26H31N5O4/c32-24-5-1-3-22-19-7-17(12-30(22)24)10-28(14-19)16-21(27-35)9-26(34)29-11-18-8-20(15-29)23-4-2-6-25(33)31(23)13-18/h1-6,17-20,35H,7-16H2. The molecule has 9 nitrogen and oxygen atoms in total. The SMILES string of the molecule is O=C(CC(CN1CC2CC(C1)c1cccc(=O)n1C2)=NO)N1CC2CC(C1)c1cccc(=O)n1C2. The number of likely N-dealkylation sites (tertiary alicyclic amines) is 2. The quantitative estimate of drug-likeness (QED) is 0.407. The van der Waals surface area contributed by atoms with E-state index in [-0.39, 0.29) is 41.2 Å². The number of amides is 1. The third-order valence-corrected chi connectivity index (χ3v) is 8.29. The zero-order valence-electron chi connectivity index (χ0n) is 19.8. The summed E-state index contributed by atoms with van der Waals surface area (Å²) in [6.07, 6.45) is 2.15. The van der Waals surface area contributed by atoms with E-state index >= 15 is 0 Å². The predicted octanol–water partition coefficient (Wildman–Crippen LogP) is 1.30. The first-order valence-electron chi connectivity index (χ1n) is 12.6. The molecule has 2 saturated heterocycles. The van der Waals surface area contributed by atoms with Crippen LogP contribution in [0.15, 0.2) is 51.1 Å². The average molecular weight is 478 g/mol. The van der Waals surface area contributed by atoms with Crippen LogP contribution in [0, 0.1) is 11.8 Å². The smallest absolute Gasteiger partial charge is 0.250 e. The summed E-state index contributed by atoms with van der Waals surface area (Å²) >= 11 is 0. The van der Waals surface area contributed by atoms with Crippen molar-refractivity contribution >= 4 is 11.6 Å². The number of piperidine rings is 2. The molecule has 0 spiro atoms. The molecular weight excluding hydrogens is 446 g/mol. The summed E-state index contributed by atoms with van der Waals surface area (Å²) in [5.41, 5.74) is 2.67. The normalized spacial score (nSPS) is 27.8. The summed E-state index contributed by atoms with van der Waals surface area (Å²) < 4.78 is 3.76. The van der Waals surface area contributed by atoms with Gasteiger partial charge in [0.25, 0.3) is 11.1 Å². The molecule has 2 fully saturated rings. The van der Waals surface area contributed by atoms with Crippen LogP contribution in [0.3, 0.4) is 0 Å². The first kappa shape index (κ1) is 22.3. The van der Waals surface area contributed by atoms with E-state index in [2.05, 4.69) is 10.1 Å². The van der Waals surface area contributed by atoms with Gasteiger partial charge in [-0.1, -0.05) is 17.3 Å². The van der Waals surface area contributed by atoms with Crippen molar-refractivity contribution in [1.29, 1.82) is 0 Å². The van der Waals surface area contributed by atoms with Gasteiger partial charge in [0.05, 0.1) is 12.1 Å². The van der Waals surface area contributed by atoms with E-state index in [9.17, 15) is 19.6 Å². The van der Waals surface area contributed by atoms with Crippen molar-refractivity contribution in [2.75, 3.05) is 32.7 Å². The van der Waals surface area contributed by atoms with Gasteiger partial charge in [0.1, 0.15) is 0 Å². The maximum absolute atomic E-state index is 13.2. The molecule has 1 amide bonds. The summed E-state index contributed by atoms with van der Waals surface area (Å²) in [5.74, 6) is 1.07. The van der Waals surface area contributed by atoms with Crippen LogP contribution in [0.4, 0.5) is 0 Å². The van der Waals surface area contributed by atoms with Gasteiger partial charge in [0.2, 0.25) is 5.91 Å². The minimum absolute atomic E-state index is 0.0201. The van der Waals surface area contributed by atoms with Gasteiger partial charge in [0.15, 0.2) is 0 Å². The van der Waals surface area contributed by atoms with Gasteiger partial charge in [-0.15, -0.1) is 0 Å². The lowest BCUT2D eigenvalue weighted by molar-refractivity contribution is -0.132. The molecule has 4 aliphatic heterocycles. The maximum Gasteiger partial charge on any atom is 0.250 e. The Morgan fingerprint density at radius 2 is 1.43 bits per heavy atom. The van der Waals surface area contributed by atoms with Gasteiger partial charge in [-0.3, -0.25) is 19.3 Å². The Kier molecular flexibility index (Phi) is 5.59. The first-order chi connectivity index (χ1) is 17.0.